The van der Waals surface area contributed by atoms with Crippen molar-refractivity contribution in [3.8, 4) is 5.75 Å². The van der Waals surface area contributed by atoms with Crippen molar-refractivity contribution in [3.63, 3.8) is 0 Å². The molecule has 24 heavy (non-hydrogen) atoms. The molecule has 0 saturated heterocycles. The highest BCUT2D eigenvalue weighted by Crippen LogP contribution is 2.50. The summed E-state index contributed by atoms with van der Waals surface area (Å²) in [5, 5.41) is 12.0. The number of aryl methyl sites for hydroxylation is 1. The van der Waals surface area contributed by atoms with E-state index >= 15 is 0 Å². The molecule has 0 radical (unpaired) electrons. The Balaban J connectivity index is 2.51. The number of para-hydroxylation sites is 1. The van der Waals surface area contributed by atoms with Crippen LogP contribution in [0.5, 0.6) is 5.75 Å². The fourth-order valence-electron chi connectivity index (χ4n) is 3.37. The molecule has 130 valence electrons. The van der Waals surface area contributed by atoms with Crippen molar-refractivity contribution in [2.24, 2.45) is 0 Å². The van der Waals surface area contributed by atoms with E-state index in [1.54, 1.807) is 0 Å². The molecule has 0 saturated carbocycles. The van der Waals surface area contributed by atoms with Crippen molar-refractivity contribution in [3.05, 3.63) is 59.2 Å². The van der Waals surface area contributed by atoms with Crippen molar-refractivity contribution >= 4 is 21.8 Å². The second-order valence-electron chi connectivity index (χ2n) is 6.78. The van der Waals surface area contributed by atoms with Crippen LogP contribution in [0.3, 0.4) is 0 Å². The van der Waals surface area contributed by atoms with Gasteiger partial charge in [0.25, 0.3) is 0 Å². The summed E-state index contributed by atoms with van der Waals surface area (Å²) in [6.07, 6.45) is 3.27. The maximum absolute atomic E-state index is 10.5. The molecule has 2 rings (SSSR count). The Morgan fingerprint density at radius 3 is 2.25 bits per heavy atom. The molecular weight excluding hydrogens is 330 g/mol. The van der Waals surface area contributed by atoms with Gasteiger partial charge in [-0.3, -0.25) is 0 Å². The van der Waals surface area contributed by atoms with E-state index in [9.17, 15) is 5.11 Å². The second kappa shape index (κ2) is 8.46. The van der Waals surface area contributed by atoms with Gasteiger partial charge in [-0.05, 0) is 61.8 Å². The van der Waals surface area contributed by atoms with Gasteiger partial charge in [-0.2, -0.15) is 0 Å². The first-order chi connectivity index (χ1) is 11.4. The largest absolute Gasteiger partial charge is 0.508 e. The number of phenols is 1. The lowest BCUT2D eigenvalue weighted by Crippen LogP contribution is -2.24. The van der Waals surface area contributed by atoms with E-state index in [-0.39, 0.29) is 13.1 Å². The van der Waals surface area contributed by atoms with Gasteiger partial charge in [0.2, 0.25) is 0 Å². The van der Waals surface area contributed by atoms with E-state index in [0.717, 1.165) is 18.4 Å². The standard InChI is InChI=1S/C21H30OP2/c1-6-21(7-2,18-13-8-9-14-19(18)22)23-20-16(3)11-10-12-17(20)15-24(4)5/h8-14,22-23H,6-7,15H2,1-5H3. The summed E-state index contributed by atoms with van der Waals surface area (Å²) in [5.74, 6) is 0.442. The Bertz CT molecular complexity index is 675. The summed E-state index contributed by atoms with van der Waals surface area (Å²) in [6, 6.07) is 14.6. The van der Waals surface area contributed by atoms with Gasteiger partial charge < -0.3 is 5.11 Å². The van der Waals surface area contributed by atoms with Crippen LogP contribution in [-0.2, 0) is 11.3 Å². The van der Waals surface area contributed by atoms with Crippen LogP contribution in [0.25, 0.3) is 0 Å². The summed E-state index contributed by atoms with van der Waals surface area (Å²) in [6.45, 7) is 11.4. The van der Waals surface area contributed by atoms with Gasteiger partial charge in [-0.1, -0.05) is 58.8 Å². The van der Waals surface area contributed by atoms with Gasteiger partial charge in [0.05, 0.1) is 0 Å². The first-order valence-corrected chi connectivity index (χ1v) is 12.2. The van der Waals surface area contributed by atoms with Crippen LogP contribution in [0.2, 0.25) is 0 Å². The Kier molecular flexibility index (Phi) is 6.85. The minimum absolute atomic E-state index is 0.0243. The molecule has 0 fully saturated rings. The lowest BCUT2D eigenvalue weighted by Gasteiger charge is -2.34. The van der Waals surface area contributed by atoms with Crippen molar-refractivity contribution in [2.45, 2.75) is 44.9 Å². The fourth-order valence-corrected chi connectivity index (χ4v) is 6.26. The van der Waals surface area contributed by atoms with E-state index in [2.05, 4.69) is 64.4 Å². The maximum atomic E-state index is 10.5. The molecule has 0 heterocycles. The van der Waals surface area contributed by atoms with Crippen molar-refractivity contribution in [2.75, 3.05) is 13.3 Å². The molecule has 0 aromatic heterocycles. The molecular formula is C21H30OP2. The molecule has 0 bridgehead atoms. The number of phenolic OH excluding ortho intramolecular Hbond substituents is 1. The quantitative estimate of drug-likeness (QED) is 0.604. The highest BCUT2D eigenvalue weighted by atomic mass is 31.1. The van der Waals surface area contributed by atoms with Crippen molar-refractivity contribution in [1.29, 1.82) is 0 Å². The molecule has 1 nitrogen and oxygen atoms in total. The smallest absolute Gasteiger partial charge is 0.119 e. The van der Waals surface area contributed by atoms with E-state index < -0.39 is 0 Å². The summed E-state index contributed by atoms with van der Waals surface area (Å²) < 4.78 is 0. The third-order valence-corrected chi connectivity index (χ3v) is 8.23. The van der Waals surface area contributed by atoms with Crippen molar-refractivity contribution < 1.29 is 5.11 Å². The van der Waals surface area contributed by atoms with Crippen LogP contribution >= 0.6 is 16.5 Å². The highest BCUT2D eigenvalue weighted by molar-refractivity contribution is 7.55. The van der Waals surface area contributed by atoms with E-state index in [4.69, 9.17) is 0 Å². The van der Waals surface area contributed by atoms with Gasteiger partial charge in [0.1, 0.15) is 5.75 Å². The van der Waals surface area contributed by atoms with E-state index in [1.807, 2.05) is 12.1 Å². The summed E-state index contributed by atoms with van der Waals surface area (Å²) in [4.78, 5) is 0. The molecule has 1 N–H and O–H groups in total. The molecule has 0 aliphatic carbocycles. The van der Waals surface area contributed by atoms with Crippen LogP contribution in [0.4, 0.5) is 0 Å². The highest BCUT2D eigenvalue weighted by Gasteiger charge is 2.32. The normalized spacial score (nSPS) is 12.4. The SMILES string of the molecule is CCC(CC)(Pc1c(C)cccc1CP(C)C)c1ccccc1O. The zero-order chi connectivity index (χ0) is 17.7. The van der Waals surface area contributed by atoms with Gasteiger partial charge in [-0.25, -0.2) is 0 Å². The van der Waals surface area contributed by atoms with Crippen LogP contribution in [0.15, 0.2) is 42.5 Å². The molecule has 0 spiro atoms. The van der Waals surface area contributed by atoms with Crippen LogP contribution < -0.4 is 5.30 Å². The van der Waals surface area contributed by atoms with Crippen LogP contribution in [-0.4, -0.2) is 18.4 Å². The topological polar surface area (TPSA) is 20.2 Å². The second-order valence-corrected chi connectivity index (χ2v) is 11.0. The third kappa shape index (κ3) is 4.19. The average Bonchev–Trinajstić information content (AvgIpc) is 2.55. The molecule has 2 aromatic carbocycles. The average molecular weight is 360 g/mol. The first kappa shape index (κ1) is 19.4. The summed E-state index contributed by atoms with van der Waals surface area (Å²) in [7, 11) is 0.726. The molecule has 2 aromatic rings. The van der Waals surface area contributed by atoms with Gasteiger partial charge >= 0.3 is 0 Å². The monoisotopic (exact) mass is 360 g/mol. The maximum Gasteiger partial charge on any atom is 0.119 e. The molecule has 0 amide bonds. The Morgan fingerprint density at radius 1 is 1.00 bits per heavy atom. The Labute approximate surface area is 150 Å². The van der Waals surface area contributed by atoms with Crippen LogP contribution in [0, 0.1) is 6.92 Å². The number of hydrogen-bond donors (Lipinski definition) is 1. The number of aromatic hydroxyl groups is 1. The number of rotatable bonds is 7. The molecule has 0 aliphatic rings. The lowest BCUT2D eigenvalue weighted by molar-refractivity contribution is 0.448. The molecule has 1 unspecified atom stereocenters. The van der Waals surface area contributed by atoms with Crippen LogP contribution in [0.1, 0.15) is 43.4 Å². The van der Waals surface area contributed by atoms with Crippen molar-refractivity contribution in [1.82, 2.24) is 0 Å². The van der Waals surface area contributed by atoms with E-state index in [1.165, 1.54) is 22.6 Å². The Morgan fingerprint density at radius 2 is 1.67 bits per heavy atom. The Hall–Kier alpha value is -0.900. The summed E-state index contributed by atoms with van der Waals surface area (Å²) >= 11 is 0. The predicted molar refractivity (Wildman–Crippen MR) is 112 cm³/mol. The minimum Gasteiger partial charge on any atom is -0.508 e. The number of hydrogen-bond acceptors (Lipinski definition) is 1. The third-order valence-electron chi connectivity index (χ3n) is 4.84. The molecule has 0 aliphatic heterocycles. The summed E-state index contributed by atoms with van der Waals surface area (Å²) in [5.41, 5.74) is 4.01. The van der Waals surface area contributed by atoms with Gasteiger partial charge in [-0.15, -0.1) is 7.92 Å². The zero-order valence-electron chi connectivity index (χ0n) is 15.6. The molecule has 1 atom stereocenters. The zero-order valence-corrected chi connectivity index (χ0v) is 17.5. The minimum atomic E-state index is 0.0243. The van der Waals surface area contributed by atoms with Gasteiger partial charge in [0.15, 0.2) is 0 Å². The predicted octanol–water partition coefficient (Wildman–Crippen LogP) is 5.96. The number of benzene rings is 2. The molecule has 3 heteroatoms. The van der Waals surface area contributed by atoms with Gasteiger partial charge in [0, 0.05) is 10.7 Å². The lowest BCUT2D eigenvalue weighted by atomic mass is 9.92. The first-order valence-electron chi connectivity index (χ1n) is 8.73. The fraction of sp³-hybridized carbons (Fsp3) is 0.429. The van der Waals surface area contributed by atoms with E-state index in [0.29, 0.717) is 14.3 Å².